The number of hydrogen-bond donors (Lipinski definition) is 1. The predicted octanol–water partition coefficient (Wildman–Crippen LogP) is 3.73. The summed E-state index contributed by atoms with van der Waals surface area (Å²) in [6.45, 7) is 2.08. The molecule has 1 atom stereocenters. The first-order valence-corrected chi connectivity index (χ1v) is 6.63. The van der Waals surface area contributed by atoms with Crippen LogP contribution in [-0.2, 0) is 5.60 Å². The third-order valence-electron chi connectivity index (χ3n) is 3.43. The maximum Gasteiger partial charge on any atom is 0.118 e. The van der Waals surface area contributed by atoms with Gasteiger partial charge in [-0.25, -0.2) is 0 Å². The third kappa shape index (κ3) is 2.79. The van der Waals surface area contributed by atoms with Gasteiger partial charge in [0.05, 0.1) is 7.11 Å². The quantitative estimate of drug-likeness (QED) is 0.883. The Kier molecular flexibility index (Phi) is 4.23. The first-order chi connectivity index (χ1) is 9.20. The van der Waals surface area contributed by atoms with Crippen LogP contribution in [-0.4, -0.2) is 12.2 Å². The number of rotatable bonds is 5. The summed E-state index contributed by atoms with van der Waals surface area (Å²) >= 11 is 0. The lowest BCUT2D eigenvalue weighted by Crippen LogP contribution is -2.26. The van der Waals surface area contributed by atoms with Crippen molar-refractivity contribution in [2.75, 3.05) is 7.11 Å². The molecular formula is C17H20O2. The second-order valence-electron chi connectivity index (χ2n) is 4.70. The second-order valence-corrected chi connectivity index (χ2v) is 4.70. The molecule has 0 saturated heterocycles. The van der Waals surface area contributed by atoms with Crippen LogP contribution in [0.25, 0.3) is 0 Å². The highest BCUT2D eigenvalue weighted by molar-refractivity contribution is 5.38. The van der Waals surface area contributed by atoms with Crippen molar-refractivity contribution in [2.24, 2.45) is 0 Å². The van der Waals surface area contributed by atoms with Crippen molar-refractivity contribution in [1.29, 1.82) is 0 Å². The number of hydrogen-bond acceptors (Lipinski definition) is 2. The molecule has 2 rings (SSSR count). The Morgan fingerprint density at radius 3 is 2.05 bits per heavy atom. The number of methoxy groups -OCH3 is 1. The van der Waals surface area contributed by atoms with E-state index in [9.17, 15) is 5.11 Å². The first kappa shape index (κ1) is 13.6. The smallest absolute Gasteiger partial charge is 0.118 e. The average molecular weight is 256 g/mol. The van der Waals surface area contributed by atoms with Gasteiger partial charge in [0.15, 0.2) is 0 Å². The Bertz CT molecular complexity index is 505. The molecule has 0 bridgehead atoms. The van der Waals surface area contributed by atoms with Gasteiger partial charge in [-0.2, -0.15) is 0 Å². The van der Waals surface area contributed by atoms with E-state index in [4.69, 9.17) is 4.74 Å². The molecule has 1 N–H and O–H groups in total. The summed E-state index contributed by atoms with van der Waals surface area (Å²) < 4.78 is 5.17. The summed E-state index contributed by atoms with van der Waals surface area (Å²) in [5.41, 5.74) is 0.908. The van der Waals surface area contributed by atoms with Gasteiger partial charge in [0.2, 0.25) is 0 Å². The summed E-state index contributed by atoms with van der Waals surface area (Å²) in [6.07, 6.45) is 1.61. The maximum atomic E-state index is 11.1. The van der Waals surface area contributed by atoms with Gasteiger partial charge < -0.3 is 9.84 Å². The SMILES string of the molecule is CCCC(O)(c1ccccc1)c1ccc(OC)cc1. The molecule has 0 aliphatic carbocycles. The summed E-state index contributed by atoms with van der Waals surface area (Å²) in [5, 5.41) is 11.1. The molecule has 0 aliphatic rings. The monoisotopic (exact) mass is 256 g/mol. The molecule has 0 saturated carbocycles. The highest BCUT2D eigenvalue weighted by Gasteiger charge is 2.30. The molecule has 0 fully saturated rings. The van der Waals surface area contributed by atoms with Gasteiger partial charge >= 0.3 is 0 Å². The van der Waals surface area contributed by atoms with E-state index in [0.29, 0.717) is 6.42 Å². The second kappa shape index (κ2) is 5.89. The van der Waals surface area contributed by atoms with Gasteiger partial charge in [0, 0.05) is 0 Å². The molecule has 2 heteroatoms. The lowest BCUT2D eigenvalue weighted by Gasteiger charge is -2.29. The number of aliphatic hydroxyl groups is 1. The van der Waals surface area contributed by atoms with Crippen LogP contribution >= 0.6 is 0 Å². The van der Waals surface area contributed by atoms with Crippen molar-refractivity contribution >= 4 is 0 Å². The molecule has 19 heavy (non-hydrogen) atoms. The van der Waals surface area contributed by atoms with Gasteiger partial charge in [0.25, 0.3) is 0 Å². The van der Waals surface area contributed by atoms with Gasteiger partial charge in [-0.3, -0.25) is 0 Å². The molecule has 0 amide bonds. The summed E-state index contributed by atoms with van der Waals surface area (Å²) in [5.74, 6) is 0.802. The van der Waals surface area contributed by atoms with Gasteiger partial charge in [-0.15, -0.1) is 0 Å². The molecule has 0 heterocycles. The van der Waals surface area contributed by atoms with Crippen molar-refractivity contribution < 1.29 is 9.84 Å². The minimum atomic E-state index is -0.928. The molecule has 0 spiro atoms. The fourth-order valence-electron chi connectivity index (χ4n) is 2.40. The van der Waals surface area contributed by atoms with E-state index in [-0.39, 0.29) is 0 Å². The molecule has 0 aromatic heterocycles. The highest BCUT2D eigenvalue weighted by Crippen LogP contribution is 2.34. The fourth-order valence-corrected chi connectivity index (χ4v) is 2.40. The summed E-state index contributed by atoms with van der Waals surface area (Å²) in [4.78, 5) is 0. The summed E-state index contributed by atoms with van der Waals surface area (Å²) in [6, 6.07) is 17.5. The largest absolute Gasteiger partial charge is 0.497 e. The van der Waals surface area contributed by atoms with Crippen LogP contribution in [0.1, 0.15) is 30.9 Å². The Balaban J connectivity index is 2.43. The molecule has 2 aromatic rings. The van der Waals surface area contributed by atoms with Crippen LogP contribution in [0, 0.1) is 0 Å². The van der Waals surface area contributed by atoms with E-state index in [1.165, 1.54) is 0 Å². The predicted molar refractivity (Wildman–Crippen MR) is 77.3 cm³/mol. The van der Waals surface area contributed by atoms with Crippen molar-refractivity contribution in [3.63, 3.8) is 0 Å². The number of ether oxygens (including phenoxy) is 1. The van der Waals surface area contributed by atoms with E-state index < -0.39 is 5.60 Å². The van der Waals surface area contributed by atoms with Crippen molar-refractivity contribution in [2.45, 2.75) is 25.4 Å². The van der Waals surface area contributed by atoms with Gasteiger partial charge in [0.1, 0.15) is 11.4 Å². The fraction of sp³-hybridized carbons (Fsp3) is 0.294. The van der Waals surface area contributed by atoms with Crippen LogP contribution in [0.4, 0.5) is 0 Å². The van der Waals surface area contributed by atoms with Crippen LogP contribution in [0.5, 0.6) is 5.75 Å². The summed E-state index contributed by atoms with van der Waals surface area (Å²) in [7, 11) is 1.64. The normalized spacial score (nSPS) is 13.8. The van der Waals surface area contributed by atoms with Crippen molar-refractivity contribution in [3.8, 4) is 5.75 Å². The van der Waals surface area contributed by atoms with Crippen molar-refractivity contribution in [1.82, 2.24) is 0 Å². The zero-order valence-corrected chi connectivity index (χ0v) is 11.5. The highest BCUT2D eigenvalue weighted by atomic mass is 16.5. The Morgan fingerprint density at radius 1 is 0.947 bits per heavy atom. The molecule has 100 valence electrons. The van der Waals surface area contributed by atoms with Gasteiger partial charge in [-0.1, -0.05) is 55.8 Å². The molecule has 0 aliphatic heterocycles. The van der Waals surface area contributed by atoms with E-state index in [1.807, 2.05) is 54.6 Å². The van der Waals surface area contributed by atoms with Crippen LogP contribution < -0.4 is 4.74 Å². The minimum Gasteiger partial charge on any atom is -0.497 e. The average Bonchev–Trinajstić information content (AvgIpc) is 2.48. The third-order valence-corrected chi connectivity index (χ3v) is 3.43. The zero-order valence-electron chi connectivity index (χ0n) is 11.5. The number of benzene rings is 2. The Hall–Kier alpha value is -1.80. The lowest BCUT2D eigenvalue weighted by atomic mass is 9.83. The Labute approximate surface area is 114 Å². The van der Waals surface area contributed by atoms with Crippen LogP contribution in [0.2, 0.25) is 0 Å². The van der Waals surface area contributed by atoms with Crippen LogP contribution in [0.15, 0.2) is 54.6 Å². The van der Waals surface area contributed by atoms with E-state index in [2.05, 4.69) is 6.92 Å². The van der Waals surface area contributed by atoms with Gasteiger partial charge in [-0.05, 0) is 29.7 Å². The molecule has 2 aromatic carbocycles. The lowest BCUT2D eigenvalue weighted by molar-refractivity contribution is 0.0701. The first-order valence-electron chi connectivity index (χ1n) is 6.63. The topological polar surface area (TPSA) is 29.5 Å². The zero-order chi connectivity index (χ0) is 13.7. The van der Waals surface area contributed by atoms with Crippen LogP contribution in [0.3, 0.4) is 0 Å². The molecule has 0 radical (unpaired) electrons. The molecule has 2 nitrogen and oxygen atoms in total. The molecular weight excluding hydrogens is 236 g/mol. The minimum absolute atomic E-state index is 0.698. The van der Waals surface area contributed by atoms with E-state index in [0.717, 1.165) is 23.3 Å². The molecule has 1 unspecified atom stereocenters. The van der Waals surface area contributed by atoms with Crippen molar-refractivity contribution in [3.05, 3.63) is 65.7 Å². The van der Waals surface area contributed by atoms with E-state index in [1.54, 1.807) is 7.11 Å². The Morgan fingerprint density at radius 2 is 1.53 bits per heavy atom. The van der Waals surface area contributed by atoms with E-state index >= 15 is 0 Å². The standard InChI is InChI=1S/C17H20O2/c1-3-13-17(18,14-7-5-4-6-8-14)15-9-11-16(19-2)12-10-15/h4-12,18H,3,13H2,1-2H3. The maximum absolute atomic E-state index is 11.1.